The van der Waals surface area contributed by atoms with Gasteiger partial charge >= 0.3 is 0 Å². The number of aromatic nitrogens is 3. The molecule has 2 aromatic heterocycles. The van der Waals surface area contributed by atoms with Gasteiger partial charge in [-0.15, -0.1) is 0 Å². The molecule has 0 aromatic carbocycles. The Hall–Kier alpha value is -1.49. The van der Waals surface area contributed by atoms with Crippen molar-refractivity contribution in [1.29, 1.82) is 0 Å². The molecule has 0 aliphatic rings. The number of halogens is 1. The van der Waals surface area contributed by atoms with Gasteiger partial charge in [-0.2, -0.15) is 0 Å². The average molecular weight is 321 g/mol. The van der Waals surface area contributed by atoms with Gasteiger partial charge in [0.15, 0.2) is 5.82 Å². The maximum absolute atomic E-state index is 4.59. The first-order chi connectivity index (χ1) is 9.26. The Morgan fingerprint density at radius 1 is 1.26 bits per heavy atom. The molecule has 0 atom stereocenters. The van der Waals surface area contributed by atoms with Gasteiger partial charge in [0, 0.05) is 30.7 Å². The summed E-state index contributed by atoms with van der Waals surface area (Å²) in [7, 11) is 0. The van der Waals surface area contributed by atoms with E-state index >= 15 is 0 Å². The second kappa shape index (κ2) is 6.61. The van der Waals surface area contributed by atoms with Crippen molar-refractivity contribution < 1.29 is 0 Å². The van der Waals surface area contributed by atoms with Crippen molar-refractivity contribution in [2.45, 2.75) is 26.7 Å². The molecule has 0 saturated heterocycles. The quantitative estimate of drug-likeness (QED) is 0.912. The van der Waals surface area contributed by atoms with Crippen LogP contribution >= 0.6 is 15.9 Å². The molecule has 0 bridgehead atoms. The number of hydrogen-bond donors (Lipinski definition) is 1. The number of nitrogens with zero attached hydrogens (tertiary/aromatic N) is 3. The van der Waals surface area contributed by atoms with E-state index in [2.05, 4.69) is 50.0 Å². The van der Waals surface area contributed by atoms with E-state index in [1.807, 2.05) is 12.3 Å². The Bertz CT molecular complexity index is 557. The second-order valence-corrected chi connectivity index (χ2v) is 5.06. The lowest BCUT2D eigenvalue weighted by Crippen LogP contribution is -2.05. The molecule has 0 unspecified atom stereocenters. The van der Waals surface area contributed by atoms with Crippen molar-refractivity contribution >= 4 is 21.7 Å². The number of anilines is 1. The molecule has 0 saturated carbocycles. The van der Waals surface area contributed by atoms with Crippen LogP contribution in [-0.2, 0) is 6.42 Å². The SMILES string of the molecule is CCCNc1nc(-c2ccncc2CC)ncc1Br. The van der Waals surface area contributed by atoms with Crippen LogP contribution in [0.15, 0.2) is 29.1 Å². The van der Waals surface area contributed by atoms with Crippen LogP contribution in [0.3, 0.4) is 0 Å². The molecule has 0 aliphatic heterocycles. The molecular weight excluding hydrogens is 304 g/mol. The number of nitrogens with one attached hydrogen (secondary N) is 1. The zero-order valence-electron chi connectivity index (χ0n) is 11.2. The van der Waals surface area contributed by atoms with E-state index in [9.17, 15) is 0 Å². The molecular formula is C14H17BrN4. The highest BCUT2D eigenvalue weighted by Gasteiger charge is 2.09. The third-order valence-corrected chi connectivity index (χ3v) is 3.39. The molecule has 5 heteroatoms. The third kappa shape index (κ3) is 3.29. The normalized spacial score (nSPS) is 10.5. The van der Waals surface area contributed by atoms with Gasteiger partial charge in [-0.25, -0.2) is 9.97 Å². The van der Waals surface area contributed by atoms with Crippen molar-refractivity contribution in [3.05, 3.63) is 34.7 Å². The van der Waals surface area contributed by atoms with Crippen LogP contribution in [0.5, 0.6) is 0 Å². The summed E-state index contributed by atoms with van der Waals surface area (Å²) in [5.41, 5.74) is 2.20. The van der Waals surface area contributed by atoms with E-state index in [1.54, 1.807) is 12.4 Å². The average Bonchev–Trinajstić information content (AvgIpc) is 2.46. The van der Waals surface area contributed by atoms with E-state index in [0.29, 0.717) is 0 Å². The molecule has 4 nitrogen and oxygen atoms in total. The summed E-state index contributed by atoms with van der Waals surface area (Å²) in [5, 5.41) is 3.30. The number of pyridine rings is 1. The van der Waals surface area contributed by atoms with Crippen molar-refractivity contribution in [2.75, 3.05) is 11.9 Å². The Morgan fingerprint density at radius 3 is 2.84 bits per heavy atom. The summed E-state index contributed by atoms with van der Waals surface area (Å²) in [6.45, 7) is 5.13. The molecule has 0 amide bonds. The largest absolute Gasteiger partial charge is 0.369 e. The fraction of sp³-hybridized carbons (Fsp3) is 0.357. The summed E-state index contributed by atoms with van der Waals surface area (Å²) in [6.07, 6.45) is 7.42. The van der Waals surface area contributed by atoms with E-state index in [0.717, 1.165) is 46.6 Å². The Morgan fingerprint density at radius 2 is 2.11 bits per heavy atom. The molecule has 0 fully saturated rings. The minimum atomic E-state index is 0.737. The maximum atomic E-state index is 4.59. The van der Waals surface area contributed by atoms with Crippen molar-refractivity contribution in [1.82, 2.24) is 15.0 Å². The Kier molecular flexibility index (Phi) is 4.85. The molecule has 0 aliphatic carbocycles. The monoisotopic (exact) mass is 320 g/mol. The van der Waals surface area contributed by atoms with Gasteiger partial charge in [0.1, 0.15) is 5.82 Å². The zero-order chi connectivity index (χ0) is 13.7. The van der Waals surface area contributed by atoms with E-state index in [4.69, 9.17) is 0 Å². The van der Waals surface area contributed by atoms with Crippen LogP contribution in [0.2, 0.25) is 0 Å². The second-order valence-electron chi connectivity index (χ2n) is 4.20. The molecule has 2 heterocycles. The van der Waals surface area contributed by atoms with Crippen LogP contribution in [0.25, 0.3) is 11.4 Å². The fourth-order valence-corrected chi connectivity index (χ4v) is 2.12. The maximum Gasteiger partial charge on any atom is 0.161 e. The highest BCUT2D eigenvalue weighted by molar-refractivity contribution is 9.10. The van der Waals surface area contributed by atoms with Crippen LogP contribution in [0, 0.1) is 0 Å². The van der Waals surface area contributed by atoms with Crippen molar-refractivity contribution in [3.8, 4) is 11.4 Å². The molecule has 19 heavy (non-hydrogen) atoms. The first kappa shape index (κ1) is 13.9. The fourth-order valence-electron chi connectivity index (χ4n) is 1.79. The predicted molar refractivity (Wildman–Crippen MR) is 81.1 cm³/mol. The summed E-state index contributed by atoms with van der Waals surface area (Å²) in [5.74, 6) is 1.58. The molecule has 2 aromatic rings. The van der Waals surface area contributed by atoms with Crippen LogP contribution in [-0.4, -0.2) is 21.5 Å². The van der Waals surface area contributed by atoms with Crippen molar-refractivity contribution in [3.63, 3.8) is 0 Å². The summed E-state index contributed by atoms with van der Waals surface area (Å²) >= 11 is 3.47. The Balaban J connectivity index is 2.39. The van der Waals surface area contributed by atoms with Gasteiger partial charge < -0.3 is 5.32 Å². The lowest BCUT2D eigenvalue weighted by molar-refractivity contribution is 0.962. The number of rotatable bonds is 5. The first-order valence-electron chi connectivity index (χ1n) is 6.46. The highest BCUT2D eigenvalue weighted by Crippen LogP contribution is 2.25. The topological polar surface area (TPSA) is 50.7 Å². The van der Waals surface area contributed by atoms with Crippen LogP contribution in [0.1, 0.15) is 25.8 Å². The number of hydrogen-bond acceptors (Lipinski definition) is 4. The van der Waals surface area contributed by atoms with Gasteiger partial charge in [0.25, 0.3) is 0 Å². The predicted octanol–water partition coefficient (Wildman–Crippen LogP) is 3.69. The van der Waals surface area contributed by atoms with E-state index in [1.165, 1.54) is 0 Å². The van der Waals surface area contributed by atoms with Crippen molar-refractivity contribution in [2.24, 2.45) is 0 Å². The third-order valence-electron chi connectivity index (χ3n) is 2.81. The van der Waals surface area contributed by atoms with Gasteiger partial charge in [0.2, 0.25) is 0 Å². The minimum absolute atomic E-state index is 0.737. The van der Waals surface area contributed by atoms with Gasteiger partial charge in [-0.3, -0.25) is 4.98 Å². The van der Waals surface area contributed by atoms with Crippen LogP contribution < -0.4 is 5.32 Å². The smallest absolute Gasteiger partial charge is 0.161 e. The van der Waals surface area contributed by atoms with Crippen LogP contribution in [0.4, 0.5) is 5.82 Å². The highest BCUT2D eigenvalue weighted by atomic mass is 79.9. The molecule has 100 valence electrons. The lowest BCUT2D eigenvalue weighted by atomic mass is 10.1. The van der Waals surface area contributed by atoms with E-state index in [-0.39, 0.29) is 0 Å². The minimum Gasteiger partial charge on any atom is -0.369 e. The molecule has 0 radical (unpaired) electrons. The number of aryl methyl sites for hydroxylation is 1. The summed E-state index contributed by atoms with van der Waals surface area (Å²) < 4.78 is 0.886. The molecule has 2 rings (SSSR count). The Labute approximate surface area is 121 Å². The van der Waals surface area contributed by atoms with E-state index < -0.39 is 0 Å². The van der Waals surface area contributed by atoms with Gasteiger partial charge in [-0.05, 0) is 40.4 Å². The first-order valence-corrected chi connectivity index (χ1v) is 7.25. The lowest BCUT2D eigenvalue weighted by Gasteiger charge is -2.10. The van der Waals surface area contributed by atoms with Gasteiger partial charge in [0.05, 0.1) is 4.47 Å². The summed E-state index contributed by atoms with van der Waals surface area (Å²) in [4.78, 5) is 13.1. The standard InChI is InChI=1S/C14H17BrN4/c1-3-6-17-14-12(15)9-18-13(19-14)11-5-7-16-8-10(11)4-2/h5,7-9H,3-4,6H2,1-2H3,(H,17,18,19). The molecule has 0 spiro atoms. The molecule has 1 N–H and O–H groups in total. The summed E-state index contributed by atoms with van der Waals surface area (Å²) in [6, 6.07) is 1.96. The van der Waals surface area contributed by atoms with Gasteiger partial charge in [-0.1, -0.05) is 13.8 Å². The zero-order valence-corrected chi connectivity index (χ0v) is 12.7.